The van der Waals surface area contributed by atoms with Crippen molar-refractivity contribution < 1.29 is 4.79 Å². The van der Waals surface area contributed by atoms with Crippen LogP contribution >= 0.6 is 0 Å². The summed E-state index contributed by atoms with van der Waals surface area (Å²) in [5.74, 6) is 0.419. The molecule has 0 heterocycles. The van der Waals surface area contributed by atoms with Crippen LogP contribution in [-0.4, -0.2) is 5.78 Å². The van der Waals surface area contributed by atoms with E-state index in [-0.39, 0.29) is 5.92 Å². The Morgan fingerprint density at radius 2 is 1.58 bits per heavy atom. The zero-order valence-electron chi connectivity index (χ0n) is 14.6. The van der Waals surface area contributed by atoms with Crippen molar-refractivity contribution in [1.82, 2.24) is 0 Å². The number of rotatable bonds is 3. The molecule has 1 heteroatoms. The van der Waals surface area contributed by atoms with Gasteiger partial charge in [0.15, 0.2) is 5.78 Å². The number of carbonyl (C=O) groups excluding carboxylic acids is 1. The molecule has 0 bridgehead atoms. The SMILES string of the molecule is O=C1c2ccccc2CC1(Cc1ccccc1)C1C=Cc2ccccc21. The minimum Gasteiger partial charge on any atom is -0.293 e. The van der Waals surface area contributed by atoms with Crippen LogP contribution in [0.25, 0.3) is 6.08 Å². The second-order valence-electron chi connectivity index (χ2n) is 7.45. The Morgan fingerprint density at radius 3 is 2.42 bits per heavy atom. The van der Waals surface area contributed by atoms with Crippen LogP contribution in [-0.2, 0) is 12.8 Å². The number of carbonyl (C=O) groups is 1. The number of hydrogen-bond donors (Lipinski definition) is 0. The van der Waals surface area contributed by atoms with Crippen LogP contribution in [0.2, 0.25) is 0 Å². The van der Waals surface area contributed by atoms with E-state index in [4.69, 9.17) is 0 Å². The Kier molecular flexibility index (Phi) is 3.43. The maximum absolute atomic E-state index is 13.7. The predicted octanol–water partition coefficient (Wildman–Crippen LogP) is 5.47. The van der Waals surface area contributed by atoms with E-state index in [9.17, 15) is 4.79 Å². The highest BCUT2D eigenvalue weighted by Crippen LogP contribution is 2.52. The smallest absolute Gasteiger partial charge is 0.170 e. The molecule has 0 aliphatic heterocycles. The minimum absolute atomic E-state index is 0.124. The van der Waals surface area contributed by atoms with Gasteiger partial charge in [-0.2, -0.15) is 0 Å². The van der Waals surface area contributed by atoms with Gasteiger partial charge in [-0.1, -0.05) is 91.0 Å². The largest absolute Gasteiger partial charge is 0.293 e. The fourth-order valence-corrected chi connectivity index (χ4v) is 4.78. The second kappa shape index (κ2) is 5.81. The molecular weight excluding hydrogens is 316 g/mol. The standard InChI is InChI=1S/C25H20O/c26-24-22-13-7-5-11-20(22)17-25(24,16-18-8-2-1-3-9-18)23-15-14-19-10-4-6-12-21(19)23/h1-15,23H,16-17H2. The van der Waals surface area contributed by atoms with Gasteiger partial charge in [-0.05, 0) is 35.1 Å². The first-order valence-electron chi connectivity index (χ1n) is 9.22. The third kappa shape index (κ3) is 2.20. The van der Waals surface area contributed by atoms with Gasteiger partial charge in [0.25, 0.3) is 0 Å². The average Bonchev–Trinajstić information content (AvgIpc) is 3.23. The molecule has 3 aromatic carbocycles. The van der Waals surface area contributed by atoms with Crippen molar-refractivity contribution in [3.8, 4) is 0 Å². The lowest BCUT2D eigenvalue weighted by Gasteiger charge is -2.34. The van der Waals surface area contributed by atoms with Crippen molar-refractivity contribution in [2.24, 2.45) is 5.41 Å². The lowest BCUT2D eigenvalue weighted by atomic mass is 9.66. The summed E-state index contributed by atoms with van der Waals surface area (Å²) in [7, 11) is 0. The summed E-state index contributed by atoms with van der Waals surface area (Å²) in [5.41, 5.74) is 5.41. The number of fused-ring (bicyclic) bond motifs is 2. The number of Topliss-reactive ketones (excluding diaryl/α,β-unsaturated/α-hetero) is 1. The van der Waals surface area contributed by atoms with Gasteiger partial charge >= 0.3 is 0 Å². The summed E-state index contributed by atoms with van der Waals surface area (Å²) in [6, 6.07) is 27.1. The Bertz CT molecular complexity index is 1020. The van der Waals surface area contributed by atoms with Gasteiger partial charge in [0, 0.05) is 11.5 Å². The van der Waals surface area contributed by atoms with E-state index >= 15 is 0 Å². The molecule has 1 nitrogen and oxygen atoms in total. The molecule has 126 valence electrons. The van der Waals surface area contributed by atoms with Crippen LogP contribution in [0.3, 0.4) is 0 Å². The summed E-state index contributed by atoms with van der Waals surface area (Å²) in [5, 5.41) is 0. The van der Waals surface area contributed by atoms with E-state index in [1.54, 1.807) is 0 Å². The van der Waals surface area contributed by atoms with Crippen LogP contribution in [0.15, 0.2) is 84.9 Å². The zero-order chi connectivity index (χ0) is 17.6. The van der Waals surface area contributed by atoms with Gasteiger partial charge in [-0.3, -0.25) is 4.79 Å². The van der Waals surface area contributed by atoms with Gasteiger partial charge in [-0.25, -0.2) is 0 Å². The highest BCUT2D eigenvalue weighted by molar-refractivity contribution is 6.06. The molecular formula is C25H20O. The van der Waals surface area contributed by atoms with Crippen LogP contribution in [0.4, 0.5) is 0 Å². The van der Waals surface area contributed by atoms with E-state index in [2.05, 4.69) is 66.7 Å². The molecule has 0 aromatic heterocycles. The van der Waals surface area contributed by atoms with Crippen molar-refractivity contribution in [2.45, 2.75) is 18.8 Å². The molecule has 0 radical (unpaired) electrons. The molecule has 0 spiro atoms. The molecule has 5 rings (SSSR count). The van der Waals surface area contributed by atoms with E-state index in [0.717, 1.165) is 18.4 Å². The van der Waals surface area contributed by atoms with Crippen LogP contribution in [0.1, 0.15) is 38.5 Å². The van der Waals surface area contributed by atoms with E-state index in [0.29, 0.717) is 5.78 Å². The lowest BCUT2D eigenvalue weighted by molar-refractivity contribution is 0.0796. The summed E-state index contributed by atoms with van der Waals surface area (Å²) >= 11 is 0. The molecule has 2 atom stereocenters. The third-order valence-corrected chi connectivity index (χ3v) is 5.98. The summed E-state index contributed by atoms with van der Waals surface area (Å²) < 4.78 is 0. The number of benzene rings is 3. The van der Waals surface area contributed by atoms with Crippen LogP contribution in [0, 0.1) is 5.41 Å². The summed E-state index contributed by atoms with van der Waals surface area (Å²) in [4.78, 5) is 13.7. The normalized spacial score (nSPS) is 23.1. The van der Waals surface area contributed by atoms with Crippen molar-refractivity contribution >= 4 is 11.9 Å². The average molecular weight is 336 g/mol. The van der Waals surface area contributed by atoms with Gasteiger partial charge in [0.2, 0.25) is 0 Å². The first kappa shape index (κ1) is 15.3. The van der Waals surface area contributed by atoms with Crippen molar-refractivity contribution in [3.63, 3.8) is 0 Å². The molecule has 0 amide bonds. The monoisotopic (exact) mass is 336 g/mol. The quantitative estimate of drug-likeness (QED) is 0.620. The first-order chi connectivity index (χ1) is 12.8. The minimum atomic E-state index is -0.436. The molecule has 0 N–H and O–H groups in total. The van der Waals surface area contributed by atoms with Gasteiger partial charge in [0.1, 0.15) is 0 Å². The van der Waals surface area contributed by atoms with Gasteiger partial charge < -0.3 is 0 Å². The Hall–Kier alpha value is -2.93. The first-order valence-corrected chi connectivity index (χ1v) is 9.22. The Labute approximate surface area is 154 Å². The summed E-state index contributed by atoms with van der Waals surface area (Å²) in [6.07, 6.45) is 6.01. The highest BCUT2D eigenvalue weighted by Gasteiger charge is 2.51. The van der Waals surface area contributed by atoms with Gasteiger partial charge in [-0.15, -0.1) is 0 Å². The number of allylic oxidation sites excluding steroid dienone is 1. The van der Waals surface area contributed by atoms with E-state index in [1.165, 1.54) is 22.3 Å². The van der Waals surface area contributed by atoms with E-state index < -0.39 is 5.41 Å². The molecule has 2 unspecified atom stereocenters. The van der Waals surface area contributed by atoms with Crippen LogP contribution < -0.4 is 0 Å². The molecule has 26 heavy (non-hydrogen) atoms. The zero-order valence-corrected chi connectivity index (χ0v) is 14.6. The van der Waals surface area contributed by atoms with Gasteiger partial charge in [0.05, 0.1) is 5.41 Å². The van der Waals surface area contributed by atoms with Crippen molar-refractivity contribution in [3.05, 3.63) is 113 Å². The number of hydrogen-bond acceptors (Lipinski definition) is 1. The molecule has 0 fully saturated rings. The Balaban J connectivity index is 1.66. The number of ketones is 1. The third-order valence-electron chi connectivity index (χ3n) is 5.98. The Morgan fingerprint density at radius 1 is 0.846 bits per heavy atom. The second-order valence-corrected chi connectivity index (χ2v) is 7.45. The highest BCUT2D eigenvalue weighted by atomic mass is 16.1. The molecule has 2 aliphatic rings. The van der Waals surface area contributed by atoms with Crippen molar-refractivity contribution in [1.29, 1.82) is 0 Å². The lowest BCUT2D eigenvalue weighted by Crippen LogP contribution is -2.36. The maximum atomic E-state index is 13.7. The molecule has 3 aromatic rings. The maximum Gasteiger partial charge on any atom is 0.170 e. The predicted molar refractivity (Wildman–Crippen MR) is 105 cm³/mol. The summed E-state index contributed by atoms with van der Waals surface area (Å²) in [6.45, 7) is 0. The molecule has 0 saturated heterocycles. The fourth-order valence-electron chi connectivity index (χ4n) is 4.78. The molecule has 2 aliphatic carbocycles. The fraction of sp³-hybridized carbons (Fsp3) is 0.160. The molecule has 0 saturated carbocycles. The van der Waals surface area contributed by atoms with E-state index in [1.807, 2.05) is 24.3 Å². The topological polar surface area (TPSA) is 17.1 Å². The van der Waals surface area contributed by atoms with Crippen LogP contribution in [0.5, 0.6) is 0 Å². The van der Waals surface area contributed by atoms with Crippen molar-refractivity contribution in [2.75, 3.05) is 0 Å².